The van der Waals surface area contributed by atoms with Gasteiger partial charge in [0, 0.05) is 26.2 Å². The minimum absolute atomic E-state index is 0.236. The summed E-state index contributed by atoms with van der Waals surface area (Å²) in [4.78, 5) is 0. The normalized spacial score (nSPS) is 10.9. The molecule has 0 atom stereocenters. The third-order valence-corrected chi connectivity index (χ3v) is 3.90. The standard InChI is InChI=1S/C21H33FO4/c1-18-10-11-21(20(22)17-18)26-19(2)9-5-3-7-13-24-15-16-25-14-8-4-6-12-23/h10-11,17,23H,2-9,12-16H2,1H3. The summed E-state index contributed by atoms with van der Waals surface area (Å²) >= 11 is 0. The van der Waals surface area contributed by atoms with Gasteiger partial charge in [-0.25, -0.2) is 4.39 Å². The number of ether oxygens (including phenoxy) is 3. The molecule has 0 radical (unpaired) electrons. The lowest BCUT2D eigenvalue weighted by atomic mass is 10.2. The number of aryl methyl sites for hydroxylation is 1. The summed E-state index contributed by atoms with van der Waals surface area (Å²) in [5.74, 6) is 0.471. The topological polar surface area (TPSA) is 47.9 Å². The fourth-order valence-electron chi connectivity index (χ4n) is 2.41. The lowest BCUT2D eigenvalue weighted by molar-refractivity contribution is 0.0446. The third kappa shape index (κ3) is 11.2. The zero-order valence-corrected chi connectivity index (χ0v) is 16.0. The molecule has 0 aliphatic carbocycles. The van der Waals surface area contributed by atoms with Gasteiger partial charge in [-0.1, -0.05) is 19.1 Å². The van der Waals surface area contributed by atoms with Crippen LogP contribution < -0.4 is 4.74 Å². The van der Waals surface area contributed by atoms with Gasteiger partial charge in [-0.05, 0) is 56.7 Å². The van der Waals surface area contributed by atoms with Crippen LogP contribution in [-0.4, -0.2) is 38.1 Å². The molecule has 0 unspecified atom stereocenters. The highest BCUT2D eigenvalue weighted by molar-refractivity contribution is 5.29. The Kier molecular flexibility index (Phi) is 12.8. The van der Waals surface area contributed by atoms with Crippen LogP contribution in [0.15, 0.2) is 30.5 Å². The molecule has 1 aromatic rings. The van der Waals surface area contributed by atoms with E-state index in [1.165, 1.54) is 6.07 Å². The van der Waals surface area contributed by atoms with Crippen LogP contribution >= 0.6 is 0 Å². The van der Waals surface area contributed by atoms with E-state index in [-0.39, 0.29) is 18.2 Å². The maximum atomic E-state index is 13.7. The molecule has 0 saturated carbocycles. The van der Waals surface area contributed by atoms with Crippen molar-refractivity contribution in [1.29, 1.82) is 0 Å². The molecule has 0 spiro atoms. The van der Waals surface area contributed by atoms with Crippen molar-refractivity contribution >= 4 is 0 Å². The van der Waals surface area contributed by atoms with Crippen molar-refractivity contribution in [3.05, 3.63) is 41.9 Å². The molecule has 5 heteroatoms. The number of unbranched alkanes of at least 4 members (excludes halogenated alkanes) is 4. The Labute approximate surface area is 157 Å². The number of aliphatic hydroxyl groups excluding tert-OH is 1. The van der Waals surface area contributed by atoms with Crippen LogP contribution in [0.25, 0.3) is 0 Å². The second-order valence-corrected chi connectivity index (χ2v) is 6.39. The summed E-state index contributed by atoms with van der Waals surface area (Å²) in [6, 6.07) is 4.92. The van der Waals surface area contributed by atoms with Gasteiger partial charge in [0.1, 0.15) is 0 Å². The number of rotatable bonds is 16. The molecule has 148 valence electrons. The Morgan fingerprint density at radius 2 is 1.62 bits per heavy atom. The second kappa shape index (κ2) is 14.7. The van der Waals surface area contributed by atoms with Gasteiger partial charge in [-0.3, -0.25) is 0 Å². The second-order valence-electron chi connectivity index (χ2n) is 6.39. The Balaban J connectivity index is 1.92. The fraction of sp³-hybridized carbons (Fsp3) is 0.619. The zero-order valence-electron chi connectivity index (χ0n) is 16.0. The Morgan fingerprint density at radius 1 is 0.962 bits per heavy atom. The van der Waals surface area contributed by atoms with Gasteiger partial charge >= 0.3 is 0 Å². The molecule has 1 aromatic carbocycles. The average molecular weight is 368 g/mol. The molecule has 0 aromatic heterocycles. The predicted octanol–water partition coefficient (Wildman–Crippen LogP) is 4.78. The van der Waals surface area contributed by atoms with Gasteiger partial charge in [0.15, 0.2) is 11.6 Å². The largest absolute Gasteiger partial charge is 0.459 e. The van der Waals surface area contributed by atoms with Crippen molar-refractivity contribution in [3.8, 4) is 5.75 Å². The minimum Gasteiger partial charge on any atom is -0.459 e. The van der Waals surface area contributed by atoms with Crippen molar-refractivity contribution in [2.45, 2.75) is 51.9 Å². The first-order chi connectivity index (χ1) is 12.6. The predicted molar refractivity (Wildman–Crippen MR) is 102 cm³/mol. The van der Waals surface area contributed by atoms with E-state index < -0.39 is 0 Å². The molecule has 1 N–H and O–H groups in total. The van der Waals surface area contributed by atoms with E-state index in [4.69, 9.17) is 19.3 Å². The molecule has 0 aliphatic rings. The van der Waals surface area contributed by atoms with E-state index in [9.17, 15) is 4.39 Å². The highest BCUT2D eigenvalue weighted by Gasteiger charge is 2.05. The molecule has 0 fully saturated rings. The minimum atomic E-state index is -0.352. The molecule has 0 amide bonds. The quantitative estimate of drug-likeness (QED) is 0.337. The van der Waals surface area contributed by atoms with Gasteiger partial charge in [-0.2, -0.15) is 0 Å². The van der Waals surface area contributed by atoms with Crippen molar-refractivity contribution in [1.82, 2.24) is 0 Å². The lowest BCUT2D eigenvalue weighted by Gasteiger charge is -2.10. The molecule has 0 aliphatic heterocycles. The Morgan fingerprint density at radius 3 is 2.23 bits per heavy atom. The van der Waals surface area contributed by atoms with E-state index >= 15 is 0 Å². The first kappa shape index (κ1) is 22.6. The van der Waals surface area contributed by atoms with Crippen LogP contribution in [0.5, 0.6) is 5.75 Å². The van der Waals surface area contributed by atoms with E-state index in [1.807, 2.05) is 13.0 Å². The summed E-state index contributed by atoms with van der Waals surface area (Å²) in [6.07, 6.45) is 6.48. The van der Waals surface area contributed by atoms with Gasteiger partial charge in [-0.15, -0.1) is 0 Å². The highest BCUT2D eigenvalue weighted by atomic mass is 19.1. The van der Waals surface area contributed by atoms with Crippen LogP contribution in [0.3, 0.4) is 0 Å². The Hall–Kier alpha value is -1.43. The summed E-state index contributed by atoms with van der Waals surface area (Å²) < 4.78 is 30.1. The highest BCUT2D eigenvalue weighted by Crippen LogP contribution is 2.21. The van der Waals surface area contributed by atoms with Crippen LogP contribution in [-0.2, 0) is 9.47 Å². The molecule has 0 heterocycles. The number of aliphatic hydroxyl groups is 1. The first-order valence-electron chi connectivity index (χ1n) is 9.51. The van der Waals surface area contributed by atoms with Gasteiger partial charge in [0.25, 0.3) is 0 Å². The third-order valence-electron chi connectivity index (χ3n) is 3.90. The van der Waals surface area contributed by atoms with Gasteiger partial charge in [0.2, 0.25) is 0 Å². The molecule has 4 nitrogen and oxygen atoms in total. The van der Waals surface area contributed by atoms with E-state index in [0.717, 1.165) is 50.7 Å². The molecule has 0 saturated heterocycles. The van der Waals surface area contributed by atoms with Crippen molar-refractivity contribution in [2.75, 3.05) is 33.0 Å². The van der Waals surface area contributed by atoms with Crippen molar-refractivity contribution in [3.63, 3.8) is 0 Å². The summed E-state index contributed by atoms with van der Waals surface area (Å²) in [5.41, 5.74) is 0.868. The summed E-state index contributed by atoms with van der Waals surface area (Å²) in [5, 5.41) is 8.66. The van der Waals surface area contributed by atoms with Crippen LogP contribution in [0.4, 0.5) is 4.39 Å². The van der Waals surface area contributed by atoms with Gasteiger partial charge < -0.3 is 19.3 Å². The van der Waals surface area contributed by atoms with Crippen LogP contribution in [0.1, 0.15) is 50.5 Å². The van der Waals surface area contributed by atoms with E-state index in [2.05, 4.69) is 6.58 Å². The van der Waals surface area contributed by atoms with E-state index in [0.29, 0.717) is 32.0 Å². The molecule has 1 rings (SSSR count). The molecular formula is C21H33FO4. The first-order valence-corrected chi connectivity index (χ1v) is 9.51. The fourth-order valence-corrected chi connectivity index (χ4v) is 2.41. The van der Waals surface area contributed by atoms with Crippen molar-refractivity contribution < 1.29 is 23.7 Å². The van der Waals surface area contributed by atoms with E-state index in [1.54, 1.807) is 6.07 Å². The summed E-state index contributed by atoms with van der Waals surface area (Å²) in [6.45, 7) is 8.63. The molecular weight excluding hydrogens is 335 g/mol. The monoisotopic (exact) mass is 368 g/mol. The van der Waals surface area contributed by atoms with Gasteiger partial charge in [0.05, 0.1) is 19.0 Å². The molecule has 0 bridgehead atoms. The lowest BCUT2D eigenvalue weighted by Crippen LogP contribution is -2.06. The number of hydrogen-bond donors (Lipinski definition) is 1. The molecule has 26 heavy (non-hydrogen) atoms. The summed E-state index contributed by atoms with van der Waals surface area (Å²) in [7, 11) is 0. The maximum absolute atomic E-state index is 13.7. The SMILES string of the molecule is C=C(CCCCCOCCOCCCCCO)Oc1ccc(C)cc1F. The number of benzene rings is 1. The number of allylic oxidation sites excluding steroid dienone is 1. The maximum Gasteiger partial charge on any atom is 0.165 e. The van der Waals surface area contributed by atoms with Crippen LogP contribution in [0.2, 0.25) is 0 Å². The number of hydrogen-bond acceptors (Lipinski definition) is 4. The number of halogens is 1. The van der Waals surface area contributed by atoms with Crippen LogP contribution in [0, 0.1) is 12.7 Å². The average Bonchev–Trinajstić information content (AvgIpc) is 2.61. The zero-order chi connectivity index (χ0) is 19.0. The smallest absolute Gasteiger partial charge is 0.165 e. The Bertz CT molecular complexity index is 505. The van der Waals surface area contributed by atoms with Crippen molar-refractivity contribution in [2.24, 2.45) is 0 Å².